The second-order valence-electron chi connectivity index (χ2n) is 3.70. The van der Waals surface area contributed by atoms with Gasteiger partial charge in [0.25, 0.3) is 0 Å². The molecule has 6 heteroatoms. The van der Waals surface area contributed by atoms with Gasteiger partial charge >= 0.3 is 0 Å². The number of hydrogen-bond donors (Lipinski definition) is 3. The molecule has 0 bridgehead atoms. The Morgan fingerprint density at radius 2 is 2.19 bits per heavy atom. The molecule has 1 heterocycles. The van der Waals surface area contributed by atoms with E-state index in [4.69, 9.17) is 0 Å². The highest BCUT2D eigenvalue weighted by molar-refractivity contribution is 5.89. The standard InChI is InChI=1S/C10H17N3O3/c1-2-11-8(14)3-4-12-10(16)7-5-9(15)13-6-7/h7H,2-6H2,1H3,(H,11,14)(H,12,16)(H,13,15). The van der Waals surface area contributed by atoms with Crippen molar-refractivity contribution in [1.29, 1.82) is 0 Å². The number of carbonyl (C=O) groups excluding carboxylic acids is 3. The monoisotopic (exact) mass is 227 g/mol. The number of rotatable bonds is 5. The summed E-state index contributed by atoms with van der Waals surface area (Å²) in [5.41, 5.74) is 0. The van der Waals surface area contributed by atoms with Crippen LogP contribution in [0.5, 0.6) is 0 Å². The zero-order valence-corrected chi connectivity index (χ0v) is 9.34. The first-order valence-corrected chi connectivity index (χ1v) is 5.44. The van der Waals surface area contributed by atoms with Gasteiger partial charge in [0.15, 0.2) is 0 Å². The van der Waals surface area contributed by atoms with Gasteiger partial charge in [0, 0.05) is 32.5 Å². The molecule has 0 spiro atoms. The van der Waals surface area contributed by atoms with E-state index in [9.17, 15) is 14.4 Å². The molecule has 1 atom stereocenters. The lowest BCUT2D eigenvalue weighted by Crippen LogP contribution is -2.35. The molecule has 16 heavy (non-hydrogen) atoms. The summed E-state index contributed by atoms with van der Waals surface area (Å²) in [4.78, 5) is 33.4. The van der Waals surface area contributed by atoms with Crippen LogP contribution in [-0.4, -0.2) is 37.4 Å². The van der Waals surface area contributed by atoms with Crippen LogP contribution in [0.4, 0.5) is 0 Å². The average Bonchev–Trinajstić information content (AvgIpc) is 2.65. The molecule has 90 valence electrons. The second kappa shape index (κ2) is 6.09. The van der Waals surface area contributed by atoms with Crippen molar-refractivity contribution >= 4 is 17.7 Å². The molecule has 1 unspecified atom stereocenters. The van der Waals surface area contributed by atoms with Gasteiger partial charge in [-0.05, 0) is 6.92 Å². The molecular weight excluding hydrogens is 210 g/mol. The Labute approximate surface area is 94.2 Å². The highest BCUT2D eigenvalue weighted by Gasteiger charge is 2.27. The van der Waals surface area contributed by atoms with Gasteiger partial charge in [-0.3, -0.25) is 14.4 Å². The number of hydrogen-bond acceptors (Lipinski definition) is 3. The minimum absolute atomic E-state index is 0.0802. The second-order valence-corrected chi connectivity index (χ2v) is 3.70. The molecule has 1 fully saturated rings. The molecule has 1 aliphatic rings. The molecule has 0 saturated carbocycles. The minimum Gasteiger partial charge on any atom is -0.356 e. The third kappa shape index (κ3) is 3.88. The molecule has 3 N–H and O–H groups in total. The SMILES string of the molecule is CCNC(=O)CCNC(=O)C1CNC(=O)C1. The largest absolute Gasteiger partial charge is 0.356 e. The van der Waals surface area contributed by atoms with E-state index in [2.05, 4.69) is 16.0 Å². The Balaban J connectivity index is 2.15. The van der Waals surface area contributed by atoms with E-state index < -0.39 is 0 Å². The minimum atomic E-state index is -0.290. The lowest BCUT2D eigenvalue weighted by molar-refractivity contribution is -0.126. The summed E-state index contributed by atoms with van der Waals surface area (Å²) in [6, 6.07) is 0. The van der Waals surface area contributed by atoms with Gasteiger partial charge in [0.1, 0.15) is 0 Å². The predicted molar refractivity (Wildman–Crippen MR) is 57.4 cm³/mol. The maximum atomic E-state index is 11.5. The lowest BCUT2D eigenvalue weighted by atomic mass is 10.1. The summed E-state index contributed by atoms with van der Waals surface area (Å²) in [6.45, 7) is 3.14. The van der Waals surface area contributed by atoms with Gasteiger partial charge in [0.2, 0.25) is 17.7 Å². The van der Waals surface area contributed by atoms with Crippen LogP contribution >= 0.6 is 0 Å². The van der Waals surface area contributed by atoms with Gasteiger partial charge in [0.05, 0.1) is 5.92 Å². The molecule has 0 aliphatic carbocycles. The lowest BCUT2D eigenvalue weighted by Gasteiger charge is -2.08. The maximum absolute atomic E-state index is 11.5. The van der Waals surface area contributed by atoms with Crippen LogP contribution in [0.2, 0.25) is 0 Å². The van der Waals surface area contributed by atoms with E-state index in [1.165, 1.54) is 0 Å². The van der Waals surface area contributed by atoms with Crippen molar-refractivity contribution in [2.75, 3.05) is 19.6 Å². The normalized spacial score (nSPS) is 19.1. The van der Waals surface area contributed by atoms with Crippen molar-refractivity contribution in [3.05, 3.63) is 0 Å². The van der Waals surface area contributed by atoms with Crippen LogP contribution in [0, 0.1) is 5.92 Å². The third-order valence-corrected chi connectivity index (χ3v) is 2.37. The Morgan fingerprint density at radius 3 is 2.75 bits per heavy atom. The zero-order chi connectivity index (χ0) is 12.0. The van der Waals surface area contributed by atoms with Crippen molar-refractivity contribution in [1.82, 2.24) is 16.0 Å². The zero-order valence-electron chi connectivity index (χ0n) is 9.34. The molecule has 0 radical (unpaired) electrons. The smallest absolute Gasteiger partial charge is 0.225 e. The fraction of sp³-hybridized carbons (Fsp3) is 0.700. The Morgan fingerprint density at radius 1 is 1.44 bits per heavy atom. The molecule has 1 rings (SSSR count). The summed E-state index contributed by atoms with van der Waals surface area (Å²) >= 11 is 0. The van der Waals surface area contributed by atoms with Crippen molar-refractivity contribution in [2.24, 2.45) is 5.92 Å². The molecular formula is C10H17N3O3. The molecule has 3 amide bonds. The number of amides is 3. The highest BCUT2D eigenvalue weighted by atomic mass is 16.2. The fourth-order valence-corrected chi connectivity index (χ4v) is 1.52. The van der Waals surface area contributed by atoms with Gasteiger partial charge in [-0.1, -0.05) is 0 Å². The first-order chi connectivity index (χ1) is 7.63. The number of nitrogens with one attached hydrogen (secondary N) is 3. The van der Waals surface area contributed by atoms with Crippen LogP contribution in [-0.2, 0) is 14.4 Å². The Hall–Kier alpha value is -1.59. The highest BCUT2D eigenvalue weighted by Crippen LogP contribution is 2.08. The summed E-state index contributed by atoms with van der Waals surface area (Å²) in [7, 11) is 0. The van der Waals surface area contributed by atoms with Crippen LogP contribution in [0.15, 0.2) is 0 Å². The molecule has 1 aliphatic heterocycles. The summed E-state index contributed by atoms with van der Waals surface area (Å²) in [5, 5.41) is 7.87. The molecule has 6 nitrogen and oxygen atoms in total. The van der Waals surface area contributed by atoms with Gasteiger partial charge < -0.3 is 16.0 Å². The summed E-state index contributed by atoms with van der Waals surface area (Å²) < 4.78 is 0. The third-order valence-electron chi connectivity index (χ3n) is 2.37. The topological polar surface area (TPSA) is 87.3 Å². The van der Waals surface area contributed by atoms with Crippen molar-refractivity contribution in [3.8, 4) is 0 Å². The van der Waals surface area contributed by atoms with Gasteiger partial charge in [-0.15, -0.1) is 0 Å². The van der Waals surface area contributed by atoms with E-state index in [-0.39, 0.29) is 36.5 Å². The van der Waals surface area contributed by atoms with E-state index in [0.717, 1.165) is 0 Å². The Bertz CT molecular complexity index is 291. The first-order valence-electron chi connectivity index (χ1n) is 5.44. The van der Waals surface area contributed by atoms with Crippen LogP contribution in [0.1, 0.15) is 19.8 Å². The molecule has 0 aromatic rings. The fourth-order valence-electron chi connectivity index (χ4n) is 1.52. The molecule has 1 saturated heterocycles. The quantitative estimate of drug-likeness (QED) is 0.549. The van der Waals surface area contributed by atoms with E-state index in [1.807, 2.05) is 6.92 Å². The predicted octanol–water partition coefficient (Wildman–Crippen LogP) is -1.24. The van der Waals surface area contributed by atoms with E-state index in [0.29, 0.717) is 19.6 Å². The number of carbonyl (C=O) groups is 3. The average molecular weight is 227 g/mol. The molecule has 0 aromatic carbocycles. The van der Waals surface area contributed by atoms with Crippen molar-refractivity contribution in [3.63, 3.8) is 0 Å². The van der Waals surface area contributed by atoms with Gasteiger partial charge in [-0.2, -0.15) is 0 Å². The van der Waals surface area contributed by atoms with Crippen LogP contribution in [0.25, 0.3) is 0 Å². The molecule has 0 aromatic heterocycles. The van der Waals surface area contributed by atoms with Crippen molar-refractivity contribution < 1.29 is 14.4 Å². The van der Waals surface area contributed by atoms with E-state index in [1.54, 1.807) is 0 Å². The first kappa shape index (κ1) is 12.5. The van der Waals surface area contributed by atoms with Crippen LogP contribution < -0.4 is 16.0 Å². The van der Waals surface area contributed by atoms with Crippen LogP contribution in [0.3, 0.4) is 0 Å². The van der Waals surface area contributed by atoms with Crippen molar-refractivity contribution in [2.45, 2.75) is 19.8 Å². The summed E-state index contributed by atoms with van der Waals surface area (Å²) in [6.07, 6.45) is 0.515. The maximum Gasteiger partial charge on any atom is 0.225 e. The van der Waals surface area contributed by atoms with E-state index >= 15 is 0 Å². The Kier molecular flexibility index (Phi) is 4.75. The summed E-state index contributed by atoms with van der Waals surface area (Å²) in [5.74, 6) is -0.628. The van der Waals surface area contributed by atoms with Gasteiger partial charge in [-0.25, -0.2) is 0 Å².